The third-order valence-corrected chi connectivity index (χ3v) is 7.42. The van der Waals surface area contributed by atoms with Gasteiger partial charge in [0.05, 0.1) is 6.04 Å². The standard InChI is InChI=1S/C15H12ClN7O5S3/c16-10-7(20-14(17)31-10)8(21-28)11(24)19-6-4-1-2-5(30-15-18-3-29-22-15)9(13(26)27)23(4)12(6)25/h3-4,6,8H,1-2H2,(H2,17,20)(H,19,24)(H,26,27). The number of hydrogen-bond donors (Lipinski definition) is 3. The number of fused-ring (bicyclic) bond motifs is 1. The van der Waals surface area contributed by atoms with Crippen LogP contribution in [0, 0.1) is 4.91 Å². The minimum Gasteiger partial charge on any atom is -0.477 e. The van der Waals surface area contributed by atoms with Crippen molar-refractivity contribution < 1.29 is 19.5 Å². The van der Waals surface area contributed by atoms with Crippen molar-refractivity contribution in [1.29, 1.82) is 0 Å². The van der Waals surface area contributed by atoms with E-state index in [1.807, 2.05) is 0 Å². The number of β-lactam (4-membered cyclic amide) rings is 1. The summed E-state index contributed by atoms with van der Waals surface area (Å²) in [5.41, 5.74) is 6.81. The molecule has 2 aliphatic heterocycles. The van der Waals surface area contributed by atoms with Crippen LogP contribution in [-0.2, 0) is 14.4 Å². The molecular formula is C15H12ClN7O5S3. The lowest BCUT2D eigenvalue weighted by Gasteiger charge is -2.50. The summed E-state index contributed by atoms with van der Waals surface area (Å²) in [6.07, 6.45) is 0.764. The van der Waals surface area contributed by atoms with Gasteiger partial charge in [0, 0.05) is 4.91 Å². The number of thiazole rings is 1. The largest absolute Gasteiger partial charge is 0.477 e. The second-order valence-corrected chi connectivity index (χ2v) is 9.71. The molecule has 31 heavy (non-hydrogen) atoms. The van der Waals surface area contributed by atoms with E-state index in [1.54, 1.807) is 0 Å². The Morgan fingerprint density at radius 1 is 1.48 bits per heavy atom. The van der Waals surface area contributed by atoms with Crippen molar-refractivity contribution in [2.75, 3.05) is 5.73 Å². The maximum Gasteiger partial charge on any atom is 0.353 e. The maximum absolute atomic E-state index is 12.7. The highest BCUT2D eigenvalue weighted by Crippen LogP contribution is 2.42. The number of rotatable bonds is 7. The van der Waals surface area contributed by atoms with E-state index in [-0.39, 0.29) is 20.9 Å². The zero-order chi connectivity index (χ0) is 22.3. The summed E-state index contributed by atoms with van der Waals surface area (Å²) in [7, 11) is 0. The number of anilines is 1. The molecule has 0 bridgehead atoms. The van der Waals surface area contributed by atoms with Crippen molar-refractivity contribution in [2.45, 2.75) is 36.1 Å². The molecule has 16 heteroatoms. The number of carbonyl (C=O) groups excluding carboxylic acids is 2. The lowest BCUT2D eigenvalue weighted by atomic mass is 9.86. The maximum atomic E-state index is 12.7. The monoisotopic (exact) mass is 501 g/mol. The molecule has 2 aromatic rings. The van der Waals surface area contributed by atoms with Crippen molar-refractivity contribution in [2.24, 2.45) is 5.18 Å². The number of nitrogen functional groups attached to an aromatic ring is 1. The summed E-state index contributed by atoms with van der Waals surface area (Å²) in [4.78, 5) is 57.9. The number of nitrogens with two attached hydrogens (primary N) is 1. The van der Waals surface area contributed by atoms with Gasteiger partial charge in [-0.05, 0) is 29.6 Å². The van der Waals surface area contributed by atoms with E-state index in [9.17, 15) is 24.4 Å². The van der Waals surface area contributed by atoms with Crippen LogP contribution < -0.4 is 11.1 Å². The van der Waals surface area contributed by atoms with Crippen LogP contribution in [0.1, 0.15) is 24.6 Å². The minimum atomic E-state index is -1.58. The van der Waals surface area contributed by atoms with Gasteiger partial charge in [-0.3, -0.25) is 14.5 Å². The van der Waals surface area contributed by atoms with Crippen molar-refractivity contribution in [3.63, 3.8) is 0 Å². The SMILES string of the molecule is Nc1nc(C(N=O)C(=O)NC2C(=O)N3C(C(=O)O)=C(Sc4ncsn4)CCC23)c(Cl)s1. The van der Waals surface area contributed by atoms with Gasteiger partial charge in [-0.2, -0.15) is 4.37 Å². The number of allylic oxidation sites excluding steroid dienone is 1. The summed E-state index contributed by atoms with van der Waals surface area (Å²) < 4.78 is 4.09. The van der Waals surface area contributed by atoms with Crippen LogP contribution in [0.2, 0.25) is 4.34 Å². The van der Waals surface area contributed by atoms with Gasteiger partial charge < -0.3 is 16.2 Å². The van der Waals surface area contributed by atoms with Crippen LogP contribution in [0.15, 0.2) is 26.4 Å². The molecule has 2 aromatic heterocycles. The predicted molar refractivity (Wildman–Crippen MR) is 112 cm³/mol. The van der Waals surface area contributed by atoms with Gasteiger partial charge in [0.1, 0.15) is 27.3 Å². The third-order valence-electron chi connectivity index (χ3n) is 4.69. The number of carboxylic acids is 1. The second-order valence-electron chi connectivity index (χ2n) is 6.41. The normalized spacial score (nSPS) is 21.3. The van der Waals surface area contributed by atoms with Crippen LogP contribution in [0.3, 0.4) is 0 Å². The zero-order valence-electron chi connectivity index (χ0n) is 15.2. The first kappa shape index (κ1) is 21.6. The van der Waals surface area contributed by atoms with E-state index in [2.05, 4.69) is 24.8 Å². The van der Waals surface area contributed by atoms with Crippen LogP contribution >= 0.6 is 46.2 Å². The number of nitrogens with one attached hydrogen (secondary N) is 1. The van der Waals surface area contributed by atoms with E-state index in [0.717, 1.165) is 39.5 Å². The van der Waals surface area contributed by atoms with E-state index in [1.165, 1.54) is 5.51 Å². The van der Waals surface area contributed by atoms with E-state index in [4.69, 9.17) is 17.3 Å². The number of thioether (sulfide) groups is 1. The van der Waals surface area contributed by atoms with E-state index in [0.29, 0.717) is 22.9 Å². The number of carboxylic acid groups (broad SMARTS) is 1. The average molecular weight is 502 g/mol. The summed E-state index contributed by atoms with van der Waals surface area (Å²) in [5.74, 6) is -2.74. The lowest BCUT2D eigenvalue weighted by molar-refractivity contribution is -0.156. The number of amides is 2. The first-order valence-corrected chi connectivity index (χ1v) is 11.4. The molecule has 4 heterocycles. The Labute approximate surface area is 191 Å². The molecule has 0 radical (unpaired) electrons. The molecule has 2 aliphatic rings. The van der Waals surface area contributed by atoms with Gasteiger partial charge >= 0.3 is 5.97 Å². The van der Waals surface area contributed by atoms with Gasteiger partial charge in [-0.1, -0.05) is 34.7 Å². The molecule has 162 valence electrons. The predicted octanol–water partition coefficient (Wildman–Crippen LogP) is 1.62. The van der Waals surface area contributed by atoms with Crippen LogP contribution in [-0.4, -0.2) is 54.2 Å². The summed E-state index contributed by atoms with van der Waals surface area (Å²) in [6, 6.07) is -3.15. The molecule has 12 nitrogen and oxygen atoms in total. The molecule has 2 amide bonds. The first-order valence-electron chi connectivity index (χ1n) is 8.60. The number of hydrogen-bond acceptors (Lipinski definition) is 12. The second kappa shape index (κ2) is 8.49. The molecule has 1 saturated heterocycles. The highest BCUT2D eigenvalue weighted by atomic mass is 35.5. The molecule has 3 unspecified atom stereocenters. The fraction of sp³-hybridized carbons (Fsp3) is 0.333. The number of aromatic nitrogens is 3. The highest BCUT2D eigenvalue weighted by molar-refractivity contribution is 8.03. The molecule has 0 saturated carbocycles. The summed E-state index contributed by atoms with van der Waals surface area (Å²) in [6.45, 7) is 0. The Bertz CT molecular complexity index is 1100. The third kappa shape index (κ3) is 3.88. The van der Waals surface area contributed by atoms with Gasteiger partial charge in [0.15, 0.2) is 5.13 Å². The van der Waals surface area contributed by atoms with Crippen molar-refractivity contribution in [3.8, 4) is 0 Å². The van der Waals surface area contributed by atoms with Gasteiger partial charge in [-0.25, -0.2) is 14.8 Å². The fourth-order valence-corrected chi connectivity index (χ4v) is 5.87. The zero-order valence-corrected chi connectivity index (χ0v) is 18.4. The number of halogens is 1. The lowest BCUT2D eigenvalue weighted by Crippen LogP contribution is -2.71. The van der Waals surface area contributed by atoms with Crippen molar-refractivity contribution in [3.05, 3.63) is 31.1 Å². The van der Waals surface area contributed by atoms with Gasteiger partial charge in [-0.15, -0.1) is 4.91 Å². The van der Waals surface area contributed by atoms with Crippen LogP contribution in [0.4, 0.5) is 5.13 Å². The Kier molecular flexibility index (Phi) is 5.92. The first-order chi connectivity index (χ1) is 14.8. The topological polar surface area (TPSA) is 181 Å². The highest BCUT2D eigenvalue weighted by Gasteiger charge is 2.54. The quantitative estimate of drug-likeness (QED) is 0.372. The molecule has 0 aliphatic carbocycles. The van der Waals surface area contributed by atoms with Crippen LogP contribution in [0.25, 0.3) is 0 Å². The van der Waals surface area contributed by atoms with Crippen molar-refractivity contribution >= 4 is 69.1 Å². The van der Waals surface area contributed by atoms with Crippen molar-refractivity contribution in [1.82, 2.24) is 24.6 Å². The number of nitroso groups, excluding NO2 is 1. The van der Waals surface area contributed by atoms with Gasteiger partial charge in [0.2, 0.25) is 11.2 Å². The molecule has 0 aromatic carbocycles. The number of nitrogens with zero attached hydrogens (tertiary/aromatic N) is 5. The minimum absolute atomic E-state index is 0.0462. The molecular weight excluding hydrogens is 490 g/mol. The fourth-order valence-electron chi connectivity index (χ4n) is 3.40. The Morgan fingerprint density at radius 3 is 2.84 bits per heavy atom. The molecule has 4 rings (SSSR count). The molecule has 4 N–H and O–H groups in total. The number of aliphatic carboxylic acids is 1. The Morgan fingerprint density at radius 2 is 2.26 bits per heavy atom. The molecule has 1 fully saturated rings. The smallest absolute Gasteiger partial charge is 0.353 e. The summed E-state index contributed by atoms with van der Waals surface area (Å²) >= 11 is 9.06. The number of carbonyl (C=O) groups is 3. The molecule has 0 spiro atoms. The van der Waals surface area contributed by atoms with Crippen LogP contribution in [0.5, 0.6) is 0 Å². The van der Waals surface area contributed by atoms with Gasteiger partial charge in [0.25, 0.3) is 11.8 Å². The summed E-state index contributed by atoms with van der Waals surface area (Å²) in [5, 5.41) is 15.4. The average Bonchev–Trinajstić information content (AvgIpc) is 3.35. The Balaban J connectivity index is 1.52. The molecule has 3 atom stereocenters. The van der Waals surface area contributed by atoms with E-state index < -0.39 is 35.9 Å². The Hall–Kier alpha value is -2.62. The van der Waals surface area contributed by atoms with E-state index >= 15 is 0 Å².